The molecule has 0 radical (unpaired) electrons. The van der Waals surface area contributed by atoms with Gasteiger partial charge in [0.1, 0.15) is 5.69 Å². The Bertz CT molecular complexity index is 556. The molecular formula is C14H18N4. The van der Waals surface area contributed by atoms with Crippen molar-refractivity contribution in [3.63, 3.8) is 0 Å². The lowest BCUT2D eigenvalue weighted by molar-refractivity contribution is 0.789. The summed E-state index contributed by atoms with van der Waals surface area (Å²) >= 11 is 0. The lowest BCUT2D eigenvalue weighted by Crippen LogP contribution is -2.09. The number of aryl methyl sites for hydroxylation is 3. The van der Waals surface area contributed by atoms with E-state index in [0.29, 0.717) is 5.82 Å². The predicted octanol–water partition coefficient (Wildman–Crippen LogP) is 2.48. The molecule has 0 spiro atoms. The molecule has 0 saturated carbocycles. The van der Waals surface area contributed by atoms with Gasteiger partial charge in [-0.25, -0.2) is 15.0 Å². The second kappa shape index (κ2) is 4.82. The number of rotatable bonds is 2. The number of nitrogens with zero attached hydrogens (tertiary/aromatic N) is 3. The molecule has 2 heterocycles. The van der Waals surface area contributed by atoms with Crippen LogP contribution in [0.25, 0.3) is 11.5 Å². The lowest BCUT2D eigenvalue weighted by atomic mass is 10.1. The van der Waals surface area contributed by atoms with Crippen LogP contribution in [0.4, 0.5) is 0 Å². The first-order valence-electron chi connectivity index (χ1n) is 6.02. The third kappa shape index (κ3) is 2.54. The van der Waals surface area contributed by atoms with Crippen LogP contribution in [0.5, 0.6) is 0 Å². The largest absolute Gasteiger partial charge is 0.324 e. The van der Waals surface area contributed by atoms with Gasteiger partial charge in [0.15, 0.2) is 5.82 Å². The molecule has 0 aliphatic rings. The van der Waals surface area contributed by atoms with Gasteiger partial charge in [-0.15, -0.1) is 0 Å². The monoisotopic (exact) mass is 242 g/mol. The Hall–Kier alpha value is -1.81. The summed E-state index contributed by atoms with van der Waals surface area (Å²) in [4.78, 5) is 13.3. The maximum atomic E-state index is 5.86. The number of hydrogen-bond acceptors (Lipinski definition) is 4. The van der Waals surface area contributed by atoms with E-state index in [2.05, 4.69) is 15.0 Å². The van der Waals surface area contributed by atoms with Crippen molar-refractivity contribution in [3.05, 3.63) is 40.8 Å². The van der Waals surface area contributed by atoms with Crippen molar-refractivity contribution in [1.82, 2.24) is 15.0 Å². The Labute approximate surface area is 107 Å². The first-order chi connectivity index (χ1) is 8.47. The van der Waals surface area contributed by atoms with Gasteiger partial charge in [-0.3, -0.25) is 0 Å². The number of hydrogen-bond donors (Lipinski definition) is 1. The van der Waals surface area contributed by atoms with Gasteiger partial charge in [0.2, 0.25) is 0 Å². The van der Waals surface area contributed by atoms with Crippen molar-refractivity contribution in [3.8, 4) is 11.5 Å². The van der Waals surface area contributed by atoms with Crippen LogP contribution in [0.3, 0.4) is 0 Å². The molecule has 2 aromatic rings. The molecule has 0 unspecified atom stereocenters. The van der Waals surface area contributed by atoms with Crippen LogP contribution >= 0.6 is 0 Å². The normalized spacial score (nSPS) is 12.5. The smallest absolute Gasteiger partial charge is 0.178 e. The maximum absolute atomic E-state index is 5.86. The molecule has 0 bridgehead atoms. The van der Waals surface area contributed by atoms with Gasteiger partial charge in [-0.05, 0) is 45.4 Å². The zero-order chi connectivity index (χ0) is 13.3. The molecule has 2 N–H and O–H groups in total. The minimum atomic E-state index is -0.0498. The third-order valence-electron chi connectivity index (χ3n) is 2.83. The SMILES string of the molecule is Cc1cc(C)nc(-c2ncc([C@@H](C)N)c(C)n2)c1. The average molecular weight is 242 g/mol. The standard InChI is InChI=1S/C14H18N4/c1-8-5-9(2)17-13(6-8)14-16-7-12(10(3)15)11(4)18-14/h5-7,10H,15H2,1-4H3/t10-/m1/s1. The van der Waals surface area contributed by atoms with Crippen LogP contribution in [-0.4, -0.2) is 15.0 Å². The van der Waals surface area contributed by atoms with Crippen molar-refractivity contribution in [2.75, 3.05) is 0 Å². The summed E-state index contributed by atoms with van der Waals surface area (Å²) in [6, 6.07) is 3.98. The van der Waals surface area contributed by atoms with Gasteiger partial charge in [0.25, 0.3) is 0 Å². The summed E-state index contributed by atoms with van der Waals surface area (Å²) in [6.07, 6.45) is 1.79. The Morgan fingerprint density at radius 3 is 2.39 bits per heavy atom. The van der Waals surface area contributed by atoms with Crippen LogP contribution in [-0.2, 0) is 0 Å². The van der Waals surface area contributed by atoms with Crippen molar-refractivity contribution >= 4 is 0 Å². The topological polar surface area (TPSA) is 64.7 Å². The summed E-state index contributed by atoms with van der Waals surface area (Å²) in [5, 5.41) is 0. The van der Waals surface area contributed by atoms with Gasteiger partial charge in [-0.2, -0.15) is 0 Å². The summed E-state index contributed by atoms with van der Waals surface area (Å²) < 4.78 is 0. The van der Waals surface area contributed by atoms with Gasteiger partial charge in [0, 0.05) is 29.2 Å². The number of pyridine rings is 1. The van der Waals surface area contributed by atoms with E-state index in [0.717, 1.165) is 28.2 Å². The summed E-state index contributed by atoms with van der Waals surface area (Å²) in [7, 11) is 0. The molecule has 18 heavy (non-hydrogen) atoms. The number of nitrogens with two attached hydrogens (primary N) is 1. The Morgan fingerprint density at radius 1 is 1.11 bits per heavy atom. The van der Waals surface area contributed by atoms with Crippen LogP contribution < -0.4 is 5.73 Å². The van der Waals surface area contributed by atoms with E-state index in [-0.39, 0.29) is 6.04 Å². The summed E-state index contributed by atoms with van der Waals surface area (Å²) in [6.45, 7) is 7.90. The Balaban J connectivity index is 2.48. The third-order valence-corrected chi connectivity index (χ3v) is 2.83. The summed E-state index contributed by atoms with van der Waals surface area (Å²) in [5.74, 6) is 0.656. The van der Waals surface area contributed by atoms with Gasteiger partial charge in [-0.1, -0.05) is 0 Å². The minimum Gasteiger partial charge on any atom is -0.324 e. The molecule has 94 valence electrons. The first kappa shape index (κ1) is 12.6. The second-order valence-corrected chi connectivity index (χ2v) is 4.69. The average Bonchev–Trinajstić information content (AvgIpc) is 2.26. The van der Waals surface area contributed by atoms with E-state index in [9.17, 15) is 0 Å². The Morgan fingerprint density at radius 2 is 1.83 bits per heavy atom. The highest BCUT2D eigenvalue weighted by Crippen LogP contribution is 2.18. The van der Waals surface area contributed by atoms with E-state index >= 15 is 0 Å². The predicted molar refractivity (Wildman–Crippen MR) is 72.1 cm³/mol. The zero-order valence-electron chi connectivity index (χ0n) is 11.2. The van der Waals surface area contributed by atoms with Crippen LogP contribution in [0.2, 0.25) is 0 Å². The molecule has 4 heteroatoms. The first-order valence-corrected chi connectivity index (χ1v) is 6.02. The van der Waals surface area contributed by atoms with E-state index in [1.54, 1.807) is 6.20 Å². The Kier molecular flexibility index (Phi) is 3.39. The molecule has 2 rings (SSSR count). The van der Waals surface area contributed by atoms with Crippen molar-refractivity contribution in [2.24, 2.45) is 5.73 Å². The zero-order valence-corrected chi connectivity index (χ0v) is 11.2. The van der Waals surface area contributed by atoms with Crippen molar-refractivity contribution in [1.29, 1.82) is 0 Å². The quantitative estimate of drug-likeness (QED) is 0.878. The van der Waals surface area contributed by atoms with Crippen LogP contribution in [0, 0.1) is 20.8 Å². The lowest BCUT2D eigenvalue weighted by Gasteiger charge is -2.10. The van der Waals surface area contributed by atoms with E-state index in [1.807, 2.05) is 39.8 Å². The highest BCUT2D eigenvalue weighted by molar-refractivity contribution is 5.51. The maximum Gasteiger partial charge on any atom is 0.178 e. The van der Waals surface area contributed by atoms with E-state index in [1.165, 1.54) is 0 Å². The molecule has 0 amide bonds. The van der Waals surface area contributed by atoms with Gasteiger partial charge < -0.3 is 5.73 Å². The fourth-order valence-corrected chi connectivity index (χ4v) is 2.00. The fraction of sp³-hybridized carbons (Fsp3) is 0.357. The van der Waals surface area contributed by atoms with E-state index in [4.69, 9.17) is 5.73 Å². The molecule has 2 aromatic heterocycles. The minimum absolute atomic E-state index is 0.0498. The van der Waals surface area contributed by atoms with Crippen molar-refractivity contribution in [2.45, 2.75) is 33.7 Å². The summed E-state index contributed by atoms with van der Waals surface area (Å²) in [5.41, 5.74) is 10.7. The van der Waals surface area contributed by atoms with Gasteiger partial charge >= 0.3 is 0 Å². The number of aromatic nitrogens is 3. The van der Waals surface area contributed by atoms with Crippen molar-refractivity contribution < 1.29 is 0 Å². The molecule has 1 atom stereocenters. The van der Waals surface area contributed by atoms with Crippen LogP contribution in [0.1, 0.15) is 35.5 Å². The fourth-order valence-electron chi connectivity index (χ4n) is 2.00. The van der Waals surface area contributed by atoms with E-state index < -0.39 is 0 Å². The molecule has 0 aliphatic carbocycles. The highest BCUT2D eigenvalue weighted by atomic mass is 14.9. The second-order valence-electron chi connectivity index (χ2n) is 4.69. The highest BCUT2D eigenvalue weighted by Gasteiger charge is 2.10. The molecule has 0 fully saturated rings. The molecular weight excluding hydrogens is 224 g/mol. The molecule has 0 aromatic carbocycles. The van der Waals surface area contributed by atoms with Gasteiger partial charge in [0.05, 0.1) is 0 Å². The molecule has 0 aliphatic heterocycles. The molecule has 4 nitrogen and oxygen atoms in total. The molecule has 0 saturated heterocycles. The van der Waals surface area contributed by atoms with Crippen LogP contribution in [0.15, 0.2) is 18.3 Å².